The normalized spacial score (nSPS) is 11.0. The molecule has 0 radical (unpaired) electrons. The highest BCUT2D eigenvalue weighted by Gasteiger charge is 2.12. The average Bonchev–Trinajstić information content (AvgIpc) is 2.97. The highest BCUT2D eigenvalue weighted by Crippen LogP contribution is 2.30. The maximum atomic E-state index is 11.6. The number of imidazole rings is 1. The molecule has 0 bridgehead atoms. The number of rotatable bonds is 6. The molecule has 0 fully saturated rings. The summed E-state index contributed by atoms with van der Waals surface area (Å²) in [5.74, 6) is 1.56. The molecule has 0 spiro atoms. The van der Waals surface area contributed by atoms with E-state index >= 15 is 0 Å². The summed E-state index contributed by atoms with van der Waals surface area (Å²) in [7, 11) is 1.65. The van der Waals surface area contributed by atoms with Crippen LogP contribution in [0.1, 0.15) is 29.8 Å². The molecule has 0 aliphatic rings. The number of ketones is 1. The van der Waals surface area contributed by atoms with E-state index in [9.17, 15) is 4.79 Å². The molecule has 24 heavy (non-hydrogen) atoms. The Morgan fingerprint density at radius 1 is 1.25 bits per heavy atom. The van der Waals surface area contributed by atoms with Crippen LogP contribution in [0, 0.1) is 0 Å². The van der Waals surface area contributed by atoms with Crippen molar-refractivity contribution in [1.82, 2.24) is 9.55 Å². The first kappa shape index (κ1) is 16.6. The minimum absolute atomic E-state index is 0.0599. The molecular weight excluding hydrogens is 320 g/mol. The summed E-state index contributed by atoms with van der Waals surface area (Å²) < 4.78 is 7.64. The molecule has 1 aromatic heterocycles. The summed E-state index contributed by atoms with van der Waals surface area (Å²) in [4.78, 5) is 16.4. The predicted molar refractivity (Wildman–Crippen MR) is 98.0 cm³/mol. The monoisotopic (exact) mass is 340 g/mol. The van der Waals surface area contributed by atoms with Gasteiger partial charge in [0, 0.05) is 23.4 Å². The van der Waals surface area contributed by atoms with Crippen LogP contribution in [0.15, 0.2) is 47.6 Å². The van der Waals surface area contributed by atoms with Crippen LogP contribution in [-0.4, -0.2) is 22.4 Å². The van der Waals surface area contributed by atoms with Gasteiger partial charge in [-0.05, 0) is 44.2 Å². The van der Waals surface area contributed by atoms with E-state index in [1.165, 1.54) is 0 Å². The molecule has 4 nitrogen and oxygen atoms in total. The highest BCUT2D eigenvalue weighted by molar-refractivity contribution is 7.98. The van der Waals surface area contributed by atoms with Gasteiger partial charge in [0.1, 0.15) is 5.75 Å². The van der Waals surface area contributed by atoms with Crippen molar-refractivity contribution in [2.45, 2.75) is 31.3 Å². The maximum Gasteiger partial charge on any atom is 0.169 e. The van der Waals surface area contributed by atoms with Crippen molar-refractivity contribution in [3.63, 3.8) is 0 Å². The summed E-state index contributed by atoms with van der Waals surface area (Å²) in [5.41, 5.74) is 3.86. The molecule has 2 aromatic carbocycles. The molecule has 5 heteroatoms. The zero-order chi connectivity index (χ0) is 17.1. The van der Waals surface area contributed by atoms with Crippen molar-refractivity contribution in [2.24, 2.45) is 0 Å². The molecule has 3 rings (SSSR count). The van der Waals surface area contributed by atoms with Crippen molar-refractivity contribution in [3.05, 3.63) is 53.6 Å². The van der Waals surface area contributed by atoms with Crippen LogP contribution >= 0.6 is 11.8 Å². The number of fused-ring (bicyclic) bond motifs is 1. The Labute approximate surface area is 145 Å². The van der Waals surface area contributed by atoms with E-state index in [1.54, 1.807) is 31.9 Å². The SMILES string of the molecule is CCn1c(SCc2cc(C(C)=O)ccc2OC)nc2ccccc21. The van der Waals surface area contributed by atoms with Crippen molar-refractivity contribution in [3.8, 4) is 5.75 Å². The number of benzene rings is 2. The Morgan fingerprint density at radius 3 is 2.75 bits per heavy atom. The molecule has 1 heterocycles. The van der Waals surface area contributed by atoms with Gasteiger partial charge in [-0.3, -0.25) is 4.79 Å². The van der Waals surface area contributed by atoms with Crippen molar-refractivity contribution < 1.29 is 9.53 Å². The van der Waals surface area contributed by atoms with E-state index in [0.717, 1.165) is 34.0 Å². The van der Waals surface area contributed by atoms with Gasteiger partial charge >= 0.3 is 0 Å². The summed E-state index contributed by atoms with van der Waals surface area (Å²) >= 11 is 1.66. The second-order valence-electron chi connectivity index (χ2n) is 5.50. The van der Waals surface area contributed by atoms with Gasteiger partial charge in [-0.2, -0.15) is 0 Å². The van der Waals surface area contributed by atoms with Crippen LogP contribution in [-0.2, 0) is 12.3 Å². The van der Waals surface area contributed by atoms with Gasteiger partial charge in [-0.25, -0.2) is 4.98 Å². The lowest BCUT2D eigenvalue weighted by Crippen LogP contribution is -1.99. The largest absolute Gasteiger partial charge is 0.496 e. The van der Waals surface area contributed by atoms with Crippen LogP contribution < -0.4 is 4.74 Å². The number of nitrogens with zero attached hydrogens (tertiary/aromatic N) is 2. The first-order valence-electron chi connectivity index (χ1n) is 7.90. The third kappa shape index (κ3) is 3.17. The number of hydrogen-bond acceptors (Lipinski definition) is 4. The quantitative estimate of drug-likeness (QED) is 0.487. The van der Waals surface area contributed by atoms with Gasteiger partial charge in [-0.15, -0.1) is 0 Å². The second kappa shape index (κ2) is 7.09. The number of para-hydroxylation sites is 2. The number of methoxy groups -OCH3 is 1. The minimum atomic E-state index is 0.0599. The standard InChI is InChI=1S/C19H20N2O2S/c1-4-21-17-8-6-5-7-16(17)20-19(21)24-12-15-11-14(13(2)22)9-10-18(15)23-3/h5-11H,4,12H2,1-3H3. The van der Waals surface area contributed by atoms with E-state index in [1.807, 2.05) is 30.3 Å². The number of hydrogen-bond donors (Lipinski definition) is 0. The van der Waals surface area contributed by atoms with Crippen molar-refractivity contribution in [1.29, 1.82) is 0 Å². The molecule has 0 atom stereocenters. The van der Waals surface area contributed by atoms with Crippen LogP contribution in [0.3, 0.4) is 0 Å². The van der Waals surface area contributed by atoms with E-state index in [-0.39, 0.29) is 5.78 Å². The average molecular weight is 340 g/mol. The van der Waals surface area contributed by atoms with Gasteiger partial charge in [-0.1, -0.05) is 23.9 Å². The molecule has 0 aliphatic carbocycles. The number of aryl methyl sites for hydroxylation is 1. The van der Waals surface area contributed by atoms with Gasteiger partial charge in [0.2, 0.25) is 0 Å². The summed E-state index contributed by atoms with van der Waals surface area (Å²) in [6.45, 7) is 4.57. The summed E-state index contributed by atoms with van der Waals surface area (Å²) in [5, 5.41) is 0.981. The van der Waals surface area contributed by atoms with Gasteiger partial charge in [0.25, 0.3) is 0 Å². The summed E-state index contributed by atoms with van der Waals surface area (Å²) in [6.07, 6.45) is 0. The van der Waals surface area contributed by atoms with Gasteiger partial charge < -0.3 is 9.30 Å². The van der Waals surface area contributed by atoms with Crippen molar-refractivity contribution in [2.75, 3.05) is 7.11 Å². The zero-order valence-electron chi connectivity index (χ0n) is 14.1. The molecule has 0 unspecified atom stereocenters. The lowest BCUT2D eigenvalue weighted by Gasteiger charge is -2.10. The number of carbonyl (C=O) groups excluding carboxylic acids is 1. The molecule has 0 amide bonds. The molecule has 0 aliphatic heterocycles. The fourth-order valence-corrected chi connectivity index (χ4v) is 3.78. The van der Waals surface area contributed by atoms with Gasteiger partial charge in [0.15, 0.2) is 10.9 Å². The van der Waals surface area contributed by atoms with Crippen molar-refractivity contribution >= 4 is 28.6 Å². The molecule has 0 saturated carbocycles. The fraction of sp³-hybridized carbons (Fsp3) is 0.263. The Morgan fingerprint density at radius 2 is 2.04 bits per heavy atom. The fourth-order valence-electron chi connectivity index (χ4n) is 2.72. The summed E-state index contributed by atoms with van der Waals surface area (Å²) in [6, 6.07) is 13.7. The minimum Gasteiger partial charge on any atom is -0.496 e. The number of thioether (sulfide) groups is 1. The van der Waals surface area contributed by atoms with E-state index in [0.29, 0.717) is 11.3 Å². The smallest absolute Gasteiger partial charge is 0.169 e. The third-order valence-corrected chi connectivity index (χ3v) is 5.00. The predicted octanol–water partition coefficient (Wildman–Crippen LogP) is 4.56. The highest BCUT2D eigenvalue weighted by atomic mass is 32.2. The van der Waals surface area contributed by atoms with Crippen LogP contribution in [0.5, 0.6) is 5.75 Å². The number of aromatic nitrogens is 2. The lowest BCUT2D eigenvalue weighted by molar-refractivity contribution is 0.101. The second-order valence-corrected chi connectivity index (χ2v) is 6.44. The molecule has 0 N–H and O–H groups in total. The molecule has 124 valence electrons. The Kier molecular flexibility index (Phi) is 4.90. The van der Waals surface area contributed by atoms with Crippen LogP contribution in [0.25, 0.3) is 11.0 Å². The maximum absolute atomic E-state index is 11.6. The molecule has 3 aromatic rings. The first-order chi connectivity index (χ1) is 11.6. The Bertz CT molecular complexity index is 886. The number of Topliss-reactive ketones (excluding diaryl/α,β-unsaturated/α-hetero) is 1. The molecule has 0 saturated heterocycles. The lowest BCUT2D eigenvalue weighted by atomic mass is 10.1. The van der Waals surface area contributed by atoms with Gasteiger partial charge in [0.05, 0.1) is 18.1 Å². The topological polar surface area (TPSA) is 44.1 Å². The number of ether oxygens (including phenoxy) is 1. The van der Waals surface area contributed by atoms with E-state index in [2.05, 4.69) is 17.6 Å². The van der Waals surface area contributed by atoms with E-state index < -0.39 is 0 Å². The van der Waals surface area contributed by atoms with Crippen LogP contribution in [0.4, 0.5) is 0 Å². The third-order valence-electron chi connectivity index (χ3n) is 3.98. The van der Waals surface area contributed by atoms with E-state index in [4.69, 9.17) is 9.72 Å². The first-order valence-corrected chi connectivity index (χ1v) is 8.88. The Balaban J connectivity index is 1.91. The molecular formula is C19H20N2O2S. The zero-order valence-corrected chi connectivity index (χ0v) is 14.9. The number of carbonyl (C=O) groups is 1. The Hall–Kier alpha value is -2.27. The van der Waals surface area contributed by atoms with Crippen LogP contribution in [0.2, 0.25) is 0 Å².